The van der Waals surface area contributed by atoms with Gasteiger partial charge < -0.3 is 9.80 Å². The van der Waals surface area contributed by atoms with Gasteiger partial charge in [0, 0.05) is 31.7 Å². The highest BCUT2D eigenvalue weighted by Crippen LogP contribution is 2.32. The van der Waals surface area contributed by atoms with E-state index in [4.69, 9.17) is 11.6 Å². The van der Waals surface area contributed by atoms with E-state index in [2.05, 4.69) is 0 Å². The summed E-state index contributed by atoms with van der Waals surface area (Å²) in [5.41, 5.74) is 1.70. The highest BCUT2D eigenvalue weighted by atomic mass is 35.5. The standard InChI is InChI=1S/C27H33ClFN3O4S/c1-19-3-11-25(12-4-19)37(35,36)32(24-9-10-24)18-26(33)31(17-21-5-7-22(29)8-6-21)23-13-15-30(16-14-23)27(34)20(2)28/h3-8,11-12,20,23-24H,9-10,13-18H2,1-2H3. The molecule has 4 rings (SSSR count). The Kier molecular flexibility index (Phi) is 8.56. The predicted octanol–water partition coefficient (Wildman–Crippen LogP) is 3.93. The lowest BCUT2D eigenvalue weighted by Crippen LogP contribution is -2.52. The van der Waals surface area contributed by atoms with Gasteiger partial charge in [-0.1, -0.05) is 29.8 Å². The molecule has 1 aliphatic carbocycles. The first kappa shape index (κ1) is 27.5. The maximum atomic E-state index is 13.8. The second kappa shape index (κ2) is 11.5. The molecule has 1 atom stereocenters. The molecule has 2 aliphatic rings. The summed E-state index contributed by atoms with van der Waals surface area (Å²) in [7, 11) is -3.85. The van der Waals surface area contributed by atoms with E-state index in [0.29, 0.717) is 38.8 Å². The highest BCUT2D eigenvalue weighted by molar-refractivity contribution is 7.89. The van der Waals surface area contributed by atoms with E-state index in [0.717, 1.165) is 11.1 Å². The average Bonchev–Trinajstić information content (AvgIpc) is 3.72. The fourth-order valence-electron chi connectivity index (χ4n) is 4.70. The largest absolute Gasteiger partial charge is 0.341 e. The molecule has 2 amide bonds. The number of likely N-dealkylation sites (tertiary alicyclic amines) is 1. The topological polar surface area (TPSA) is 78.0 Å². The molecule has 1 saturated carbocycles. The maximum absolute atomic E-state index is 13.8. The molecule has 0 N–H and O–H groups in total. The predicted molar refractivity (Wildman–Crippen MR) is 140 cm³/mol. The van der Waals surface area contributed by atoms with E-state index in [1.54, 1.807) is 53.1 Å². The monoisotopic (exact) mass is 549 g/mol. The molecule has 200 valence electrons. The Bertz CT molecular complexity index is 1210. The van der Waals surface area contributed by atoms with E-state index < -0.39 is 15.4 Å². The second-order valence-corrected chi connectivity index (χ2v) is 12.5. The summed E-state index contributed by atoms with van der Waals surface area (Å²) in [6.07, 6.45) is 2.54. The van der Waals surface area contributed by atoms with E-state index in [1.807, 2.05) is 6.92 Å². The number of amides is 2. The SMILES string of the molecule is Cc1ccc(S(=O)(=O)N(CC(=O)N(Cc2ccc(F)cc2)C2CCN(C(=O)C(C)Cl)CC2)C2CC2)cc1. The number of piperidine rings is 1. The number of halogens is 2. The van der Waals surface area contributed by atoms with Crippen molar-refractivity contribution in [3.05, 3.63) is 65.5 Å². The van der Waals surface area contributed by atoms with Crippen LogP contribution >= 0.6 is 11.6 Å². The maximum Gasteiger partial charge on any atom is 0.243 e. The number of hydrogen-bond acceptors (Lipinski definition) is 4. The zero-order chi connectivity index (χ0) is 26.7. The van der Waals surface area contributed by atoms with Crippen LogP contribution in [0.1, 0.15) is 43.7 Å². The van der Waals surface area contributed by atoms with Crippen LogP contribution in [0.5, 0.6) is 0 Å². The van der Waals surface area contributed by atoms with E-state index in [1.165, 1.54) is 16.4 Å². The van der Waals surface area contributed by atoms with Crippen molar-refractivity contribution in [1.82, 2.24) is 14.1 Å². The van der Waals surface area contributed by atoms with Gasteiger partial charge >= 0.3 is 0 Å². The van der Waals surface area contributed by atoms with Crippen molar-refractivity contribution in [3.63, 3.8) is 0 Å². The van der Waals surface area contributed by atoms with Gasteiger partial charge in [0.15, 0.2) is 0 Å². The number of carbonyl (C=O) groups excluding carboxylic acids is 2. The van der Waals surface area contributed by atoms with Crippen LogP contribution in [0.25, 0.3) is 0 Å². The van der Waals surface area contributed by atoms with Gasteiger partial charge in [-0.25, -0.2) is 12.8 Å². The minimum absolute atomic E-state index is 0.138. The third-order valence-corrected chi connectivity index (χ3v) is 9.12. The lowest BCUT2D eigenvalue weighted by molar-refractivity contribution is -0.137. The van der Waals surface area contributed by atoms with Gasteiger partial charge in [0.2, 0.25) is 21.8 Å². The molecule has 7 nitrogen and oxygen atoms in total. The van der Waals surface area contributed by atoms with Crippen LogP contribution in [0, 0.1) is 12.7 Å². The molecule has 2 aromatic rings. The van der Waals surface area contributed by atoms with Gasteiger partial charge in [0.05, 0.1) is 11.4 Å². The van der Waals surface area contributed by atoms with Crippen LogP contribution in [0.4, 0.5) is 4.39 Å². The summed E-state index contributed by atoms with van der Waals surface area (Å²) in [6, 6.07) is 12.2. The second-order valence-electron chi connectivity index (χ2n) is 9.92. The summed E-state index contributed by atoms with van der Waals surface area (Å²) < 4.78 is 41.8. The lowest BCUT2D eigenvalue weighted by atomic mass is 10.0. The molecule has 0 aromatic heterocycles. The molecule has 1 aliphatic heterocycles. The number of nitrogens with zero attached hydrogens (tertiary/aromatic N) is 3. The normalized spacial score (nSPS) is 17.6. The van der Waals surface area contributed by atoms with Gasteiger partial charge in [-0.15, -0.1) is 11.6 Å². The van der Waals surface area contributed by atoms with Crippen molar-refractivity contribution in [3.8, 4) is 0 Å². The fourth-order valence-corrected chi connectivity index (χ4v) is 6.47. The Hall–Kier alpha value is -2.49. The smallest absolute Gasteiger partial charge is 0.243 e. The molecule has 1 heterocycles. The van der Waals surface area contributed by atoms with Crippen LogP contribution in [0.2, 0.25) is 0 Å². The van der Waals surface area contributed by atoms with Crippen molar-refractivity contribution in [2.45, 2.75) is 68.4 Å². The zero-order valence-corrected chi connectivity index (χ0v) is 22.7. The van der Waals surface area contributed by atoms with Crippen molar-refractivity contribution >= 4 is 33.4 Å². The van der Waals surface area contributed by atoms with Crippen LogP contribution in [-0.4, -0.2) is 71.4 Å². The summed E-state index contributed by atoms with van der Waals surface area (Å²) in [6.45, 7) is 4.41. The Morgan fingerprint density at radius 2 is 1.59 bits per heavy atom. The van der Waals surface area contributed by atoms with Crippen molar-refractivity contribution < 1.29 is 22.4 Å². The number of aryl methyl sites for hydroxylation is 1. The van der Waals surface area contributed by atoms with Gasteiger partial charge in [-0.2, -0.15) is 4.31 Å². The number of hydrogen-bond donors (Lipinski definition) is 0. The Morgan fingerprint density at radius 1 is 1.00 bits per heavy atom. The first-order valence-electron chi connectivity index (χ1n) is 12.6. The fraction of sp³-hybridized carbons (Fsp3) is 0.481. The first-order valence-corrected chi connectivity index (χ1v) is 14.5. The number of rotatable bonds is 9. The minimum Gasteiger partial charge on any atom is -0.341 e. The molecule has 1 unspecified atom stereocenters. The Balaban J connectivity index is 1.55. The Labute approximate surface area is 223 Å². The Morgan fingerprint density at radius 3 is 2.14 bits per heavy atom. The van der Waals surface area contributed by atoms with Gasteiger partial charge in [-0.05, 0) is 69.4 Å². The molecular weight excluding hydrogens is 517 g/mol. The summed E-state index contributed by atoms with van der Waals surface area (Å²) >= 11 is 5.98. The van der Waals surface area contributed by atoms with Crippen LogP contribution in [-0.2, 0) is 26.2 Å². The van der Waals surface area contributed by atoms with Crippen molar-refractivity contribution in [1.29, 1.82) is 0 Å². The number of alkyl halides is 1. The minimum atomic E-state index is -3.85. The molecule has 0 spiro atoms. The number of sulfonamides is 1. The molecule has 0 bridgehead atoms. The van der Waals surface area contributed by atoms with Gasteiger partial charge in [0.25, 0.3) is 0 Å². The summed E-state index contributed by atoms with van der Waals surface area (Å²) in [5.74, 6) is -0.809. The zero-order valence-electron chi connectivity index (χ0n) is 21.1. The molecule has 2 fully saturated rings. The third-order valence-electron chi connectivity index (χ3n) is 7.02. The van der Waals surface area contributed by atoms with Crippen LogP contribution in [0.3, 0.4) is 0 Å². The van der Waals surface area contributed by atoms with E-state index in [9.17, 15) is 22.4 Å². The average molecular weight is 550 g/mol. The third kappa shape index (κ3) is 6.69. The van der Waals surface area contributed by atoms with Gasteiger partial charge in [0.1, 0.15) is 11.2 Å². The molecule has 2 aromatic carbocycles. The summed E-state index contributed by atoms with van der Waals surface area (Å²) in [5, 5.41) is -0.618. The highest BCUT2D eigenvalue weighted by Gasteiger charge is 2.41. The molecular formula is C27H33ClFN3O4S. The summed E-state index contributed by atoms with van der Waals surface area (Å²) in [4.78, 5) is 29.7. The molecule has 1 saturated heterocycles. The van der Waals surface area contributed by atoms with Crippen molar-refractivity contribution in [2.24, 2.45) is 0 Å². The van der Waals surface area contributed by atoms with E-state index in [-0.39, 0.29) is 47.7 Å². The van der Waals surface area contributed by atoms with Crippen LogP contribution < -0.4 is 0 Å². The quantitative estimate of drug-likeness (QED) is 0.444. The first-order chi connectivity index (χ1) is 17.6. The number of carbonyl (C=O) groups is 2. The van der Waals surface area contributed by atoms with Crippen molar-refractivity contribution in [2.75, 3.05) is 19.6 Å². The number of benzene rings is 2. The molecule has 10 heteroatoms. The molecule has 37 heavy (non-hydrogen) atoms. The van der Waals surface area contributed by atoms with Crippen LogP contribution in [0.15, 0.2) is 53.4 Å². The molecule has 0 radical (unpaired) electrons. The lowest BCUT2D eigenvalue weighted by Gasteiger charge is -2.39. The van der Waals surface area contributed by atoms with Gasteiger partial charge in [-0.3, -0.25) is 9.59 Å². The van der Waals surface area contributed by atoms with E-state index >= 15 is 0 Å².